The zero-order valence-electron chi connectivity index (χ0n) is 22.2. The first-order valence-electron chi connectivity index (χ1n) is 13.8. The third-order valence-electron chi connectivity index (χ3n) is 7.39. The second-order valence-electron chi connectivity index (χ2n) is 10.4. The molecule has 0 aliphatic heterocycles. The molecule has 0 heterocycles. The maximum Gasteiger partial charge on any atom is 0.0840 e. The molecular weight excluding hydrogens is 436 g/mol. The van der Waals surface area contributed by atoms with Gasteiger partial charge in [0.25, 0.3) is 0 Å². The highest BCUT2D eigenvalue weighted by Gasteiger charge is 2.18. The van der Waals surface area contributed by atoms with E-state index in [1.54, 1.807) is 16.0 Å². The fourth-order valence-corrected chi connectivity index (χ4v) is 7.67. The minimum absolute atomic E-state index is 0.549. The van der Waals surface area contributed by atoms with Gasteiger partial charge in [0, 0.05) is 0 Å². The summed E-state index contributed by atoms with van der Waals surface area (Å²) in [4.78, 5) is 0. The van der Waals surface area contributed by atoms with Crippen molar-refractivity contribution in [2.24, 2.45) is 5.92 Å². The molecule has 0 amide bonds. The van der Waals surface area contributed by atoms with Gasteiger partial charge in [-0.1, -0.05) is 135 Å². The van der Waals surface area contributed by atoms with E-state index in [-0.39, 0.29) is 0 Å². The molecule has 0 nitrogen and oxygen atoms in total. The van der Waals surface area contributed by atoms with Crippen molar-refractivity contribution >= 4 is 14.7 Å². The lowest BCUT2D eigenvalue weighted by Gasteiger charge is -2.18. The first kappa shape index (κ1) is 25.4. The molecule has 0 bridgehead atoms. The average Bonchev–Trinajstić information content (AvgIpc) is 3.35. The van der Waals surface area contributed by atoms with E-state index < -0.39 is 9.52 Å². The van der Waals surface area contributed by atoms with Crippen LogP contribution in [0.15, 0.2) is 89.7 Å². The van der Waals surface area contributed by atoms with Crippen molar-refractivity contribution in [2.45, 2.75) is 72.6 Å². The van der Waals surface area contributed by atoms with Crippen molar-refractivity contribution in [1.29, 1.82) is 0 Å². The Morgan fingerprint density at radius 3 is 1.91 bits per heavy atom. The van der Waals surface area contributed by atoms with E-state index in [0.717, 1.165) is 6.42 Å². The summed E-state index contributed by atoms with van der Waals surface area (Å²) in [6.07, 6.45) is 13.3. The Labute approximate surface area is 216 Å². The molecule has 0 spiro atoms. The molecule has 0 aromatic heterocycles. The van der Waals surface area contributed by atoms with Crippen molar-refractivity contribution in [1.82, 2.24) is 0 Å². The quantitative estimate of drug-likeness (QED) is 0.243. The summed E-state index contributed by atoms with van der Waals surface area (Å²) in [5.41, 5.74) is 10.1. The van der Waals surface area contributed by atoms with E-state index in [1.165, 1.54) is 71.9 Å². The van der Waals surface area contributed by atoms with Crippen LogP contribution in [0.3, 0.4) is 0 Å². The SMILES string of the molecule is CCCCc1ccc(-c2cccc([SiH2]C3=C(C(C)C)C=CC3)c2-c2ccc(CCCC)cc2)cc1. The van der Waals surface area contributed by atoms with Crippen LogP contribution in [0.5, 0.6) is 0 Å². The summed E-state index contributed by atoms with van der Waals surface area (Å²) in [5.74, 6) is 0.608. The molecule has 3 aromatic carbocycles. The van der Waals surface area contributed by atoms with Gasteiger partial charge in [0.1, 0.15) is 0 Å². The third kappa shape index (κ3) is 6.33. The molecule has 182 valence electrons. The number of unbranched alkanes of at least 4 members (excludes halogenated alkanes) is 2. The van der Waals surface area contributed by atoms with Crippen molar-refractivity contribution in [2.75, 3.05) is 0 Å². The van der Waals surface area contributed by atoms with E-state index in [9.17, 15) is 0 Å². The molecule has 4 rings (SSSR count). The van der Waals surface area contributed by atoms with Gasteiger partial charge >= 0.3 is 0 Å². The molecular formula is C34H42Si. The monoisotopic (exact) mass is 478 g/mol. The number of benzene rings is 3. The highest BCUT2D eigenvalue weighted by atomic mass is 28.2. The van der Waals surface area contributed by atoms with Crippen LogP contribution in [0.1, 0.15) is 70.9 Å². The van der Waals surface area contributed by atoms with Gasteiger partial charge in [-0.2, -0.15) is 0 Å². The van der Waals surface area contributed by atoms with Crippen LogP contribution in [-0.4, -0.2) is 9.52 Å². The summed E-state index contributed by atoms with van der Waals surface area (Å²) in [5, 5.41) is 3.29. The van der Waals surface area contributed by atoms with Crippen molar-refractivity contribution < 1.29 is 0 Å². The zero-order chi connectivity index (χ0) is 24.6. The average molecular weight is 479 g/mol. The Morgan fingerprint density at radius 2 is 1.34 bits per heavy atom. The Bertz CT molecular complexity index is 1160. The second kappa shape index (κ2) is 12.4. The maximum atomic E-state index is 2.41. The predicted octanol–water partition coefficient (Wildman–Crippen LogP) is 8.37. The van der Waals surface area contributed by atoms with Gasteiger partial charge in [0.15, 0.2) is 0 Å². The fourth-order valence-electron chi connectivity index (χ4n) is 5.35. The van der Waals surface area contributed by atoms with Crippen LogP contribution in [-0.2, 0) is 12.8 Å². The number of hydrogen-bond acceptors (Lipinski definition) is 0. The zero-order valence-corrected chi connectivity index (χ0v) is 23.7. The molecule has 0 saturated heterocycles. The Hall–Kier alpha value is -2.64. The number of hydrogen-bond donors (Lipinski definition) is 0. The van der Waals surface area contributed by atoms with E-state index in [4.69, 9.17) is 0 Å². The van der Waals surface area contributed by atoms with Crippen molar-refractivity contribution in [3.05, 3.63) is 101 Å². The van der Waals surface area contributed by atoms with Crippen LogP contribution < -0.4 is 5.19 Å². The van der Waals surface area contributed by atoms with Gasteiger partial charge in [0.2, 0.25) is 0 Å². The van der Waals surface area contributed by atoms with Crippen LogP contribution in [0, 0.1) is 5.92 Å². The van der Waals surface area contributed by atoms with E-state index in [0.29, 0.717) is 5.92 Å². The lowest BCUT2D eigenvalue weighted by Crippen LogP contribution is -2.21. The summed E-state index contributed by atoms with van der Waals surface area (Å²) in [6.45, 7) is 9.22. The summed E-state index contributed by atoms with van der Waals surface area (Å²) in [7, 11) is -0.549. The number of aryl methyl sites for hydroxylation is 2. The summed E-state index contributed by atoms with van der Waals surface area (Å²) < 4.78 is 0. The smallest absolute Gasteiger partial charge is 0.0806 e. The summed E-state index contributed by atoms with van der Waals surface area (Å²) in [6, 6.07) is 25.9. The largest absolute Gasteiger partial charge is 0.0840 e. The molecule has 0 saturated carbocycles. The molecule has 1 aliphatic rings. The second-order valence-corrected chi connectivity index (χ2v) is 12.4. The topological polar surface area (TPSA) is 0 Å². The van der Waals surface area contributed by atoms with Crippen molar-refractivity contribution in [3.63, 3.8) is 0 Å². The minimum atomic E-state index is -0.549. The molecule has 0 unspecified atom stereocenters. The molecule has 35 heavy (non-hydrogen) atoms. The van der Waals surface area contributed by atoms with Gasteiger partial charge < -0.3 is 0 Å². The summed E-state index contributed by atoms with van der Waals surface area (Å²) >= 11 is 0. The Morgan fingerprint density at radius 1 is 0.743 bits per heavy atom. The van der Waals surface area contributed by atoms with Crippen LogP contribution in [0.4, 0.5) is 0 Å². The molecule has 0 N–H and O–H groups in total. The third-order valence-corrected chi connectivity index (χ3v) is 9.49. The van der Waals surface area contributed by atoms with Crippen LogP contribution >= 0.6 is 0 Å². The minimum Gasteiger partial charge on any atom is -0.0806 e. The normalized spacial score (nSPS) is 13.6. The van der Waals surface area contributed by atoms with E-state index in [1.807, 2.05) is 0 Å². The Kier molecular flexibility index (Phi) is 8.99. The van der Waals surface area contributed by atoms with Gasteiger partial charge in [-0.25, -0.2) is 0 Å². The molecule has 0 atom stereocenters. The van der Waals surface area contributed by atoms with E-state index in [2.05, 4.69) is 107 Å². The van der Waals surface area contributed by atoms with Gasteiger partial charge in [0.05, 0.1) is 9.52 Å². The molecule has 0 fully saturated rings. The molecule has 1 aliphatic carbocycles. The molecule has 1 heteroatoms. The highest BCUT2D eigenvalue weighted by molar-refractivity contribution is 6.63. The van der Waals surface area contributed by atoms with Crippen molar-refractivity contribution in [3.8, 4) is 22.3 Å². The highest BCUT2D eigenvalue weighted by Crippen LogP contribution is 2.33. The number of allylic oxidation sites excluding steroid dienone is 4. The Balaban J connectivity index is 1.76. The fraction of sp³-hybridized carbons (Fsp3) is 0.353. The first-order chi connectivity index (χ1) is 17.1. The predicted molar refractivity (Wildman–Crippen MR) is 158 cm³/mol. The van der Waals surface area contributed by atoms with Gasteiger partial charge in [-0.05, 0) is 71.4 Å². The van der Waals surface area contributed by atoms with Gasteiger partial charge in [-0.3, -0.25) is 0 Å². The number of rotatable bonds is 11. The maximum absolute atomic E-state index is 2.41. The van der Waals surface area contributed by atoms with E-state index >= 15 is 0 Å². The van der Waals surface area contributed by atoms with Crippen LogP contribution in [0.2, 0.25) is 0 Å². The lowest BCUT2D eigenvalue weighted by molar-refractivity contribution is 0.790. The lowest BCUT2D eigenvalue weighted by atomic mass is 9.92. The van der Waals surface area contributed by atoms with Gasteiger partial charge in [-0.15, -0.1) is 0 Å². The first-order valence-corrected chi connectivity index (χ1v) is 15.2. The standard InChI is InChI=1S/C34H42Si/c1-5-7-11-26-17-21-28(22-18-26)31-14-10-16-33(35-32-15-9-13-30(32)25(3)4)34(31)29-23-19-27(20-24-29)12-8-6-2/h9-10,13-14,16-25H,5-8,11-12,15,35H2,1-4H3. The molecule has 3 aromatic rings. The molecule has 0 radical (unpaired) electrons. The van der Waals surface area contributed by atoms with Crippen LogP contribution in [0.25, 0.3) is 22.3 Å².